The molecule has 1 saturated heterocycles. The molecule has 1 atom stereocenters. The van der Waals surface area contributed by atoms with Gasteiger partial charge in [0.1, 0.15) is 11.6 Å². The molecule has 0 bridgehead atoms. The van der Waals surface area contributed by atoms with Crippen LogP contribution in [0.25, 0.3) is 0 Å². The Morgan fingerprint density at radius 3 is 2.62 bits per heavy atom. The summed E-state index contributed by atoms with van der Waals surface area (Å²) in [5, 5.41) is 12.2. The quantitative estimate of drug-likeness (QED) is 0.830. The third-order valence-corrected chi connectivity index (χ3v) is 3.95. The first kappa shape index (κ1) is 10.3. The lowest BCUT2D eigenvalue weighted by molar-refractivity contribution is 0.455. The highest BCUT2D eigenvalue weighted by atomic mass is 15.3. The summed E-state index contributed by atoms with van der Waals surface area (Å²) in [7, 11) is 0. The van der Waals surface area contributed by atoms with E-state index in [1.165, 1.54) is 44.3 Å². The molecule has 0 amide bonds. The predicted octanol–water partition coefficient (Wildman–Crippen LogP) is 2.13. The Bertz CT molecular complexity index is 359. The van der Waals surface area contributed by atoms with Gasteiger partial charge in [-0.1, -0.05) is 12.8 Å². The molecule has 1 saturated carbocycles. The highest BCUT2D eigenvalue weighted by Gasteiger charge is 2.27. The van der Waals surface area contributed by atoms with Crippen LogP contribution in [-0.2, 0) is 0 Å². The maximum atomic E-state index is 4.39. The summed E-state index contributed by atoms with van der Waals surface area (Å²) in [6.07, 6.45) is 7.81. The van der Waals surface area contributed by atoms with E-state index in [0.717, 1.165) is 12.4 Å². The van der Waals surface area contributed by atoms with E-state index in [2.05, 4.69) is 27.0 Å². The highest BCUT2D eigenvalue weighted by molar-refractivity contribution is 5.05. The van der Waals surface area contributed by atoms with Crippen LogP contribution in [0.2, 0.25) is 0 Å². The normalized spacial score (nSPS) is 26.7. The number of hydrogen-bond acceptors (Lipinski definition) is 3. The largest absolute Gasteiger partial charge is 0.311 e. The molecule has 16 heavy (non-hydrogen) atoms. The zero-order chi connectivity index (χ0) is 11.0. The van der Waals surface area contributed by atoms with Crippen LogP contribution in [0.3, 0.4) is 0 Å². The lowest BCUT2D eigenvalue weighted by atomic mass is 10.2. The number of rotatable bonds is 2. The SMILES string of the molecule is Cc1nnc(C2CCCN2)n1C1CCCC1. The Labute approximate surface area is 96.4 Å². The Kier molecular flexibility index (Phi) is 2.67. The lowest BCUT2D eigenvalue weighted by Crippen LogP contribution is -2.20. The zero-order valence-electron chi connectivity index (χ0n) is 9.95. The standard InChI is InChI=1S/C12H20N4/c1-9-14-15-12(11-7-4-8-13-11)16(9)10-5-2-3-6-10/h10-11,13H,2-8H2,1H3. The van der Waals surface area contributed by atoms with Gasteiger partial charge in [-0.2, -0.15) is 0 Å². The molecule has 4 heteroatoms. The van der Waals surface area contributed by atoms with Crippen molar-refractivity contribution in [1.29, 1.82) is 0 Å². The van der Waals surface area contributed by atoms with Crippen LogP contribution in [0.4, 0.5) is 0 Å². The van der Waals surface area contributed by atoms with Gasteiger partial charge in [-0.15, -0.1) is 10.2 Å². The van der Waals surface area contributed by atoms with Crippen molar-refractivity contribution < 1.29 is 0 Å². The fourth-order valence-corrected chi connectivity index (χ4v) is 3.14. The summed E-state index contributed by atoms with van der Waals surface area (Å²) in [4.78, 5) is 0. The van der Waals surface area contributed by atoms with Crippen LogP contribution in [0, 0.1) is 6.92 Å². The van der Waals surface area contributed by atoms with Crippen molar-refractivity contribution >= 4 is 0 Å². The third kappa shape index (κ3) is 1.65. The van der Waals surface area contributed by atoms with Crippen LogP contribution in [0.15, 0.2) is 0 Å². The lowest BCUT2D eigenvalue weighted by Gasteiger charge is -2.18. The number of nitrogens with one attached hydrogen (secondary N) is 1. The third-order valence-electron chi connectivity index (χ3n) is 3.95. The van der Waals surface area contributed by atoms with E-state index < -0.39 is 0 Å². The topological polar surface area (TPSA) is 42.7 Å². The molecule has 1 aliphatic carbocycles. The summed E-state index contributed by atoms with van der Waals surface area (Å²) in [6, 6.07) is 1.11. The van der Waals surface area contributed by atoms with Gasteiger partial charge in [0.15, 0.2) is 0 Å². The second-order valence-electron chi connectivity index (χ2n) is 5.06. The van der Waals surface area contributed by atoms with Gasteiger partial charge < -0.3 is 9.88 Å². The fourth-order valence-electron chi connectivity index (χ4n) is 3.14. The van der Waals surface area contributed by atoms with Crippen molar-refractivity contribution in [2.45, 2.75) is 57.5 Å². The average Bonchev–Trinajstić information content (AvgIpc) is 2.96. The zero-order valence-corrected chi connectivity index (χ0v) is 9.95. The Morgan fingerprint density at radius 1 is 1.12 bits per heavy atom. The second kappa shape index (κ2) is 4.17. The smallest absolute Gasteiger partial charge is 0.150 e. The predicted molar refractivity (Wildman–Crippen MR) is 62.2 cm³/mol. The number of hydrogen-bond donors (Lipinski definition) is 1. The van der Waals surface area contributed by atoms with Gasteiger partial charge >= 0.3 is 0 Å². The van der Waals surface area contributed by atoms with Gasteiger partial charge in [0, 0.05) is 6.04 Å². The van der Waals surface area contributed by atoms with Gasteiger partial charge in [-0.3, -0.25) is 0 Å². The van der Waals surface area contributed by atoms with E-state index >= 15 is 0 Å². The molecule has 1 aromatic heterocycles. The number of aromatic nitrogens is 3. The van der Waals surface area contributed by atoms with Crippen molar-refractivity contribution in [1.82, 2.24) is 20.1 Å². The molecular formula is C12H20N4. The summed E-state index contributed by atoms with van der Waals surface area (Å²) in [6.45, 7) is 3.21. The van der Waals surface area contributed by atoms with Gasteiger partial charge in [-0.05, 0) is 39.2 Å². The molecule has 2 aliphatic rings. The Hall–Kier alpha value is -0.900. The molecule has 1 aromatic rings. The highest BCUT2D eigenvalue weighted by Crippen LogP contribution is 2.33. The maximum Gasteiger partial charge on any atom is 0.150 e. The van der Waals surface area contributed by atoms with E-state index in [4.69, 9.17) is 0 Å². The maximum absolute atomic E-state index is 4.39. The van der Waals surface area contributed by atoms with Crippen molar-refractivity contribution in [2.24, 2.45) is 0 Å². The first-order valence-corrected chi connectivity index (χ1v) is 6.51. The first-order valence-electron chi connectivity index (χ1n) is 6.51. The van der Waals surface area contributed by atoms with Crippen LogP contribution in [0.5, 0.6) is 0 Å². The molecule has 1 unspecified atom stereocenters. The van der Waals surface area contributed by atoms with Crippen molar-refractivity contribution in [3.05, 3.63) is 11.6 Å². The molecule has 0 radical (unpaired) electrons. The molecule has 0 spiro atoms. The minimum atomic E-state index is 0.446. The molecule has 4 nitrogen and oxygen atoms in total. The average molecular weight is 220 g/mol. The van der Waals surface area contributed by atoms with Crippen molar-refractivity contribution in [3.63, 3.8) is 0 Å². The molecule has 0 aromatic carbocycles. The van der Waals surface area contributed by atoms with Gasteiger partial charge in [-0.25, -0.2) is 0 Å². The van der Waals surface area contributed by atoms with Crippen LogP contribution in [-0.4, -0.2) is 21.3 Å². The second-order valence-corrected chi connectivity index (χ2v) is 5.06. The molecular weight excluding hydrogens is 200 g/mol. The Balaban J connectivity index is 1.91. The van der Waals surface area contributed by atoms with Crippen LogP contribution in [0.1, 0.15) is 62.3 Å². The van der Waals surface area contributed by atoms with Gasteiger partial charge in [0.2, 0.25) is 0 Å². The van der Waals surface area contributed by atoms with E-state index in [-0.39, 0.29) is 0 Å². The first-order chi connectivity index (χ1) is 7.86. The fraction of sp³-hybridized carbons (Fsp3) is 0.833. The summed E-state index contributed by atoms with van der Waals surface area (Å²) >= 11 is 0. The Morgan fingerprint density at radius 2 is 1.94 bits per heavy atom. The summed E-state index contributed by atoms with van der Waals surface area (Å²) in [5.74, 6) is 2.28. The van der Waals surface area contributed by atoms with E-state index in [9.17, 15) is 0 Å². The molecule has 88 valence electrons. The molecule has 2 heterocycles. The monoisotopic (exact) mass is 220 g/mol. The van der Waals surface area contributed by atoms with E-state index in [1.807, 2.05) is 0 Å². The molecule has 1 N–H and O–H groups in total. The van der Waals surface area contributed by atoms with Gasteiger partial charge in [0.05, 0.1) is 6.04 Å². The molecule has 2 fully saturated rings. The number of aryl methyl sites for hydroxylation is 1. The van der Waals surface area contributed by atoms with Crippen LogP contribution < -0.4 is 5.32 Å². The minimum absolute atomic E-state index is 0.446. The minimum Gasteiger partial charge on any atom is -0.311 e. The summed E-state index contributed by atoms with van der Waals surface area (Å²) < 4.78 is 2.40. The molecule has 1 aliphatic heterocycles. The van der Waals surface area contributed by atoms with Crippen LogP contribution >= 0.6 is 0 Å². The van der Waals surface area contributed by atoms with Gasteiger partial charge in [0.25, 0.3) is 0 Å². The molecule has 3 rings (SSSR count). The van der Waals surface area contributed by atoms with E-state index in [0.29, 0.717) is 12.1 Å². The number of nitrogens with zero attached hydrogens (tertiary/aromatic N) is 3. The van der Waals surface area contributed by atoms with Crippen molar-refractivity contribution in [3.8, 4) is 0 Å². The van der Waals surface area contributed by atoms with Crippen molar-refractivity contribution in [2.75, 3.05) is 6.54 Å². The van der Waals surface area contributed by atoms with E-state index in [1.54, 1.807) is 0 Å². The summed E-state index contributed by atoms with van der Waals surface area (Å²) in [5.41, 5.74) is 0.